The van der Waals surface area contributed by atoms with Crippen LogP contribution < -0.4 is 5.32 Å². The molecule has 148 valence electrons. The first-order chi connectivity index (χ1) is 13.4. The van der Waals surface area contributed by atoms with Gasteiger partial charge < -0.3 is 4.52 Å². The SMILES string of the molecule is CCc1ccc(S(=O)(=O)N2CCc3nc(NC(=O)c4cc(C)on4)sc3C2)s1. The van der Waals surface area contributed by atoms with Gasteiger partial charge in [0.05, 0.1) is 12.2 Å². The molecule has 0 bridgehead atoms. The Kier molecular flexibility index (Phi) is 5.08. The summed E-state index contributed by atoms with van der Waals surface area (Å²) >= 11 is 2.60. The number of carbonyl (C=O) groups excluding carboxylic acids is 1. The molecule has 8 nitrogen and oxygen atoms in total. The van der Waals surface area contributed by atoms with Gasteiger partial charge in [-0.1, -0.05) is 12.1 Å². The molecule has 1 aliphatic heterocycles. The van der Waals surface area contributed by atoms with Gasteiger partial charge >= 0.3 is 0 Å². The van der Waals surface area contributed by atoms with Gasteiger partial charge in [0.15, 0.2) is 10.8 Å². The molecule has 0 saturated heterocycles. The quantitative estimate of drug-likeness (QED) is 0.656. The van der Waals surface area contributed by atoms with Crippen LogP contribution in [-0.2, 0) is 29.4 Å². The van der Waals surface area contributed by atoms with Crippen LogP contribution in [0.2, 0.25) is 0 Å². The number of nitrogens with one attached hydrogen (secondary N) is 1. The first kappa shape index (κ1) is 19.2. The highest BCUT2D eigenvalue weighted by molar-refractivity contribution is 7.91. The number of aromatic nitrogens is 2. The Labute approximate surface area is 170 Å². The highest BCUT2D eigenvalue weighted by atomic mass is 32.2. The summed E-state index contributed by atoms with van der Waals surface area (Å²) in [5.41, 5.74) is 1.00. The number of hydrogen-bond donors (Lipinski definition) is 1. The molecule has 1 amide bonds. The van der Waals surface area contributed by atoms with E-state index in [4.69, 9.17) is 4.52 Å². The summed E-state index contributed by atoms with van der Waals surface area (Å²) in [6.07, 6.45) is 1.32. The molecule has 11 heteroatoms. The Bertz CT molecular complexity index is 1130. The predicted octanol–water partition coefficient (Wildman–Crippen LogP) is 3.06. The van der Waals surface area contributed by atoms with Crippen molar-refractivity contribution >= 4 is 43.7 Å². The van der Waals surface area contributed by atoms with Crippen molar-refractivity contribution < 1.29 is 17.7 Å². The molecular weight excluding hydrogens is 420 g/mol. The van der Waals surface area contributed by atoms with Crippen molar-refractivity contribution in [3.8, 4) is 0 Å². The fraction of sp³-hybridized carbons (Fsp3) is 0.353. The van der Waals surface area contributed by atoms with E-state index < -0.39 is 15.9 Å². The zero-order chi connectivity index (χ0) is 19.9. The Hall–Kier alpha value is -2.08. The van der Waals surface area contributed by atoms with Crippen LogP contribution in [0, 0.1) is 6.92 Å². The van der Waals surface area contributed by atoms with Gasteiger partial charge in [-0.3, -0.25) is 10.1 Å². The number of fused-ring (bicyclic) bond motifs is 1. The monoisotopic (exact) mass is 438 g/mol. The van der Waals surface area contributed by atoms with Gasteiger partial charge in [0.1, 0.15) is 9.97 Å². The fourth-order valence-electron chi connectivity index (χ4n) is 2.88. The standard InChI is InChI=1S/C17H18N4O4S3/c1-3-11-4-5-15(26-11)28(23,24)21-7-6-12-14(9-21)27-17(18-12)19-16(22)13-8-10(2)25-20-13/h4-5,8H,3,6-7,9H2,1-2H3,(H,18,19,22). The molecule has 0 spiro atoms. The molecule has 28 heavy (non-hydrogen) atoms. The third kappa shape index (κ3) is 3.62. The van der Waals surface area contributed by atoms with Crippen LogP contribution in [0.15, 0.2) is 26.9 Å². The van der Waals surface area contributed by atoms with E-state index in [0.29, 0.717) is 28.1 Å². The Morgan fingerprint density at radius 2 is 2.18 bits per heavy atom. The molecule has 3 aromatic rings. The minimum Gasteiger partial charge on any atom is -0.361 e. The fourth-order valence-corrected chi connectivity index (χ4v) is 6.84. The first-order valence-corrected chi connectivity index (χ1v) is 11.8. The number of sulfonamides is 1. The van der Waals surface area contributed by atoms with Crippen molar-refractivity contribution in [2.45, 2.75) is 37.4 Å². The second kappa shape index (κ2) is 7.39. The third-order valence-electron chi connectivity index (χ3n) is 4.36. The molecule has 0 atom stereocenters. The summed E-state index contributed by atoms with van der Waals surface area (Å²) in [4.78, 5) is 18.5. The minimum absolute atomic E-state index is 0.180. The average molecular weight is 439 g/mol. The highest BCUT2D eigenvalue weighted by Crippen LogP contribution is 2.33. The molecule has 0 radical (unpaired) electrons. The maximum absolute atomic E-state index is 12.9. The van der Waals surface area contributed by atoms with E-state index >= 15 is 0 Å². The number of thiophene rings is 1. The zero-order valence-electron chi connectivity index (χ0n) is 15.3. The van der Waals surface area contributed by atoms with E-state index in [1.54, 1.807) is 19.1 Å². The number of amides is 1. The number of thiazole rings is 1. The van der Waals surface area contributed by atoms with Crippen molar-refractivity contribution in [3.05, 3.63) is 45.1 Å². The molecule has 0 unspecified atom stereocenters. The lowest BCUT2D eigenvalue weighted by Gasteiger charge is -2.24. The molecule has 0 saturated carbocycles. The van der Waals surface area contributed by atoms with Gasteiger partial charge in [-0.15, -0.1) is 22.7 Å². The van der Waals surface area contributed by atoms with Crippen LogP contribution in [0.4, 0.5) is 5.13 Å². The van der Waals surface area contributed by atoms with Gasteiger partial charge in [0.2, 0.25) is 0 Å². The molecule has 1 N–H and O–H groups in total. The van der Waals surface area contributed by atoms with Crippen molar-refractivity contribution in [2.24, 2.45) is 0 Å². The Morgan fingerprint density at radius 1 is 1.36 bits per heavy atom. The van der Waals surface area contributed by atoms with Crippen molar-refractivity contribution in [3.63, 3.8) is 0 Å². The van der Waals surface area contributed by atoms with Gasteiger partial charge in [-0.2, -0.15) is 4.31 Å². The average Bonchev–Trinajstić information content (AvgIpc) is 3.39. The molecular formula is C17H18N4O4S3. The molecule has 1 aliphatic rings. The van der Waals surface area contributed by atoms with E-state index in [2.05, 4.69) is 15.5 Å². The smallest absolute Gasteiger partial charge is 0.279 e. The maximum Gasteiger partial charge on any atom is 0.279 e. The lowest BCUT2D eigenvalue weighted by molar-refractivity contribution is 0.101. The van der Waals surface area contributed by atoms with Gasteiger partial charge in [0, 0.05) is 28.8 Å². The summed E-state index contributed by atoms with van der Waals surface area (Å²) in [6, 6.07) is 5.08. The molecule has 0 fully saturated rings. The zero-order valence-corrected chi connectivity index (χ0v) is 17.7. The van der Waals surface area contributed by atoms with Crippen molar-refractivity contribution in [1.29, 1.82) is 0 Å². The largest absolute Gasteiger partial charge is 0.361 e. The molecule has 0 aliphatic carbocycles. The molecule has 4 heterocycles. The second-order valence-corrected chi connectivity index (χ2v) is 10.7. The number of aryl methyl sites for hydroxylation is 2. The van der Waals surface area contributed by atoms with Gasteiger partial charge in [-0.05, 0) is 25.5 Å². The summed E-state index contributed by atoms with van der Waals surface area (Å²) in [5, 5.41) is 6.82. The highest BCUT2D eigenvalue weighted by Gasteiger charge is 2.31. The maximum atomic E-state index is 12.9. The number of rotatable bonds is 5. The van der Waals surface area contributed by atoms with Crippen molar-refractivity contribution in [2.75, 3.05) is 11.9 Å². The molecule has 0 aromatic carbocycles. The lowest BCUT2D eigenvalue weighted by Crippen LogP contribution is -2.35. The van der Waals surface area contributed by atoms with Crippen LogP contribution in [0.1, 0.15) is 38.6 Å². The minimum atomic E-state index is -3.53. The molecule has 3 aromatic heterocycles. The van der Waals surface area contributed by atoms with E-state index in [-0.39, 0.29) is 12.2 Å². The number of anilines is 1. The van der Waals surface area contributed by atoms with Crippen molar-refractivity contribution in [1.82, 2.24) is 14.4 Å². The first-order valence-electron chi connectivity index (χ1n) is 8.69. The van der Waals surface area contributed by atoms with E-state index in [0.717, 1.165) is 21.9 Å². The molecule has 4 rings (SSSR count). The third-order valence-corrected chi connectivity index (χ3v) is 8.90. The number of carbonyl (C=O) groups is 1. The summed E-state index contributed by atoms with van der Waals surface area (Å²) < 4.78 is 32.6. The van der Waals surface area contributed by atoms with Gasteiger partial charge in [-0.25, -0.2) is 13.4 Å². The normalized spacial score (nSPS) is 14.8. The number of hydrogen-bond acceptors (Lipinski definition) is 8. The summed E-state index contributed by atoms with van der Waals surface area (Å²) in [5.74, 6) is 0.141. The van der Waals surface area contributed by atoms with Crippen LogP contribution in [0.25, 0.3) is 0 Å². The second-order valence-electron chi connectivity index (χ2n) is 6.33. The van der Waals surface area contributed by atoms with Crippen LogP contribution in [0.5, 0.6) is 0 Å². The van der Waals surface area contributed by atoms with Gasteiger partial charge in [0.25, 0.3) is 15.9 Å². The topological polar surface area (TPSA) is 105 Å². The summed E-state index contributed by atoms with van der Waals surface area (Å²) in [6.45, 7) is 4.34. The Balaban J connectivity index is 1.50. The van der Waals surface area contributed by atoms with Crippen LogP contribution in [0.3, 0.4) is 0 Å². The number of nitrogens with zero attached hydrogens (tertiary/aromatic N) is 3. The predicted molar refractivity (Wildman–Crippen MR) is 106 cm³/mol. The van der Waals surface area contributed by atoms with Crippen LogP contribution >= 0.6 is 22.7 Å². The van der Waals surface area contributed by atoms with E-state index in [9.17, 15) is 13.2 Å². The summed E-state index contributed by atoms with van der Waals surface area (Å²) in [7, 11) is -3.53. The Morgan fingerprint density at radius 3 is 2.86 bits per heavy atom. The lowest BCUT2D eigenvalue weighted by atomic mass is 10.2. The van der Waals surface area contributed by atoms with Crippen LogP contribution in [-0.4, -0.2) is 35.3 Å². The van der Waals surface area contributed by atoms with E-state index in [1.807, 2.05) is 13.0 Å². The van der Waals surface area contributed by atoms with E-state index in [1.165, 1.54) is 27.0 Å².